The summed E-state index contributed by atoms with van der Waals surface area (Å²) in [5, 5.41) is 4.35. The quantitative estimate of drug-likeness (QED) is 0.669. The van der Waals surface area contributed by atoms with Gasteiger partial charge in [0.25, 0.3) is 0 Å². The van der Waals surface area contributed by atoms with E-state index in [0.29, 0.717) is 0 Å². The predicted octanol–water partition coefficient (Wildman–Crippen LogP) is 2.25. The summed E-state index contributed by atoms with van der Waals surface area (Å²) in [5.74, 6) is 3.00. The first kappa shape index (κ1) is 8.49. The Morgan fingerprint density at radius 1 is 1.58 bits per heavy atom. The van der Waals surface area contributed by atoms with E-state index in [0.717, 1.165) is 23.1 Å². The molecule has 0 spiro atoms. The SMILES string of the molecule is C=C1C[C@@H]2CSC(C(C)C)[C@@H]2N1. The van der Waals surface area contributed by atoms with Crippen LogP contribution in [-0.2, 0) is 0 Å². The number of rotatable bonds is 1. The van der Waals surface area contributed by atoms with Crippen LogP contribution in [0.25, 0.3) is 0 Å². The van der Waals surface area contributed by atoms with Crippen LogP contribution in [0.1, 0.15) is 20.3 Å². The van der Waals surface area contributed by atoms with Gasteiger partial charge in [0.15, 0.2) is 0 Å². The highest BCUT2D eigenvalue weighted by Gasteiger charge is 2.42. The molecule has 0 bridgehead atoms. The van der Waals surface area contributed by atoms with Crippen LogP contribution in [0.5, 0.6) is 0 Å². The maximum absolute atomic E-state index is 4.01. The van der Waals surface area contributed by atoms with Crippen molar-refractivity contribution >= 4 is 11.8 Å². The van der Waals surface area contributed by atoms with Gasteiger partial charge in [-0.3, -0.25) is 0 Å². The van der Waals surface area contributed by atoms with Gasteiger partial charge in [0.05, 0.1) is 0 Å². The topological polar surface area (TPSA) is 12.0 Å². The molecule has 1 unspecified atom stereocenters. The van der Waals surface area contributed by atoms with Crippen LogP contribution >= 0.6 is 11.8 Å². The van der Waals surface area contributed by atoms with Gasteiger partial charge in [-0.05, 0) is 24.0 Å². The highest BCUT2D eigenvalue weighted by atomic mass is 32.2. The summed E-state index contributed by atoms with van der Waals surface area (Å²) in [6.07, 6.45) is 1.21. The number of nitrogens with one attached hydrogen (secondary N) is 1. The maximum Gasteiger partial charge on any atom is 0.0419 e. The minimum atomic E-state index is 0.725. The monoisotopic (exact) mass is 183 g/mol. The molecule has 68 valence electrons. The first-order chi connectivity index (χ1) is 5.68. The second-order valence-corrected chi connectivity index (χ2v) is 5.49. The number of allylic oxidation sites excluding steroid dienone is 1. The van der Waals surface area contributed by atoms with E-state index in [2.05, 4.69) is 37.5 Å². The zero-order valence-electron chi connectivity index (χ0n) is 7.84. The Morgan fingerprint density at radius 2 is 2.33 bits per heavy atom. The van der Waals surface area contributed by atoms with Crippen LogP contribution in [-0.4, -0.2) is 17.0 Å². The van der Waals surface area contributed by atoms with Crippen LogP contribution in [0.3, 0.4) is 0 Å². The van der Waals surface area contributed by atoms with Gasteiger partial charge in [-0.1, -0.05) is 20.4 Å². The fourth-order valence-corrected chi connectivity index (χ4v) is 3.99. The van der Waals surface area contributed by atoms with Gasteiger partial charge in [0.2, 0.25) is 0 Å². The first-order valence-electron chi connectivity index (χ1n) is 4.74. The molecule has 2 fully saturated rings. The van der Waals surface area contributed by atoms with Crippen LogP contribution in [0.2, 0.25) is 0 Å². The Hall–Kier alpha value is -0.110. The molecule has 0 saturated carbocycles. The average Bonchev–Trinajstić information content (AvgIpc) is 2.43. The Balaban J connectivity index is 2.08. The van der Waals surface area contributed by atoms with Gasteiger partial charge in [-0.15, -0.1) is 0 Å². The van der Waals surface area contributed by atoms with Gasteiger partial charge in [0, 0.05) is 17.0 Å². The van der Waals surface area contributed by atoms with Crippen molar-refractivity contribution in [3.8, 4) is 0 Å². The van der Waals surface area contributed by atoms with E-state index in [4.69, 9.17) is 0 Å². The van der Waals surface area contributed by atoms with Crippen molar-refractivity contribution in [2.45, 2.75) is 31.6 Å². The number of fused-ring (bicyclic) bond motifs is 1. The standard InChI is InChI=1S/C10H17NS/c1-6(2)10-9-8(5-12-10)4-7(3)11-9/h6,8-11H,3-5H2,1-2H3/t8-,9-,10?/m1/s1. The summed E-state index contributed by atoms with van der Waals surface area (Å²) in [6, 6.07) is 0.725. The lowest BCUT2D eigenvalue weighted by atomic mass is 9.94. The van der Waals surface area contributed by atoms with Crippen LogP contribution in [0.15, 0.2) is 12.3 Å². The van der Waals surface area contributed by atoms with Crippen molar-refractivity contribution in [3.63, 3.8) is 0 Å². The molecule has 2 rings (SSSR count). The van der Waals surface area contributed by atoms with Gasteiger partial charge in [-0.25, -0.2) is 0 Å². The fourth-order valence-electron chi connectivity index (χ4n) is 2.31. The molecule has 0 amide bonds. The lowest BCUT2D eigenvalue weighted by Crippen LogP contribution is -2.35. The average molecular weight is 183 g/mol. The molecular formula is C10H17NS. The molecule has 0 radical (unpaired) electrons. The second-order valence-electron chi connectivity index (χ2n) is 4.28. The zero-order chi connectivity index (χ0) is 8.72. The second kappa shape index (κ2) is 2.99. The molecule has 2 heteroatoms. The molecule has 0 aromatic rings. The van der Waals surface area contributed by atoms with Crippen LogP contribution < -0.4 is 5.32 Å². The molecule has 0 aromatic heterocycles. The molecule has 2 aliphatic rings. The summed E-state index contributed by atoms with van der Waals surface area (Å²) in [4.78, 5) is 0. The third-order valence-electron chi connectivity index (χ3n) is 2.90. The van der Waals surface area contributed by atoms with E-state index in [1.54, 1.807) is 0 Å². The lowest BCUT2D eigenvalue weighted by Gasteiger charge is -2.21. The predicted molar refractivity (Wildman–Crippen MR) is 55.3 cm³/mol. The smallest absolute Gasteiger partial charge is 0.0419 e. The molecule has 2 aliphatic heterocycles. The molecule has 1 N–H and O–H groups in total. The van der Waals surface area contributed by atoms with Crippen LogP contribution in [0.4, 0.5) is 0 Å². The molecule has 2 saturated heterocycles. The van der Waals surface area contributed by atoms with Crippen molar-refractivity contribution < 1.29 is 0 Å². The Bertz CT molecular complexity index is 200. The highest BCUT2D eigenvalue weighted by Crippen LogP contribution is 2.42. The van der Waals surface area contributed by atoms with E-state index in [9.17, 15) is 0 Å². The highest BCUT2D eigenvalue weighted by molar-refractivity contribution is 8.00. The van der Waals surface area contributed by atoms with Gasteiger partial charge >= 0.3 is 0 Å². The van der Waals surface area contributed by atoms with Crippen molar-refractivity contribution in [1.29, 1.82) is 0 Å². The molecule has 0 aromatic carbocycles. The lowest BCUT2D eigenvalue weighted by molar-refractivity contribution is 0.438. The van der Waals surface area contributed by atoms with Gasteiger partial charge in [0.1, 0.15) is 0 Å². The molecule has 1 nitrogen and oxygen atoms in total. The third kappa shape index (κ3) is 1.26. The first-order valence-corrected chi connectivity index (χ1v) is 5.79. The fraction of sp³-hybridized carbons (Fsp3) is 0.800. The minimum Gasteiger partial charge on any atom is -0.385 e. The summed E-state index contributed by atoms with van der Waals surface area (Å²) >= 11 is 2.14. The normalized spacial score (nSPS) is 40.2. The Kier molecular flexibility index (Phi) is 2.11. The summed E-state index contributed by atoms with van der Waals surface area (Å²) < 4.78 is 0. The largest absolute Gasteiger partial charge is 0.385 e. The minimum absolute atomic E-state index is 0.725. The van der Waals surface area contributed by atoms with Crippen molar-refractivity contribution in [3.05, 3.63) is 12.3 Å². The van der Waals surface area contributed by atoms with Crippen molar-refractivity contribution in [2.75, 3.05) is 5.75 Å². The number of hydrogen-bond donors (Lipinski definition) is 1. The van der Waals surface area contributed by atoms with Crippen molar-refractivity contribution in [2.24, 2.45) is 11.8 Å². The van der Waals surface area contributed by atoms with E-state index in [1.165, 1.54) is 17.9 Å². The third-order valence-corrected chi connectivity index (χ3v) is 4.74. The van der Waals surface area contributed by atoms with E-state index < -0.39 is 0 Å². The molecular weight excluding hydrogens is 166 g/mol. The van der Waals surface area contributed by atoms with Gasteiger partial charge < -0.3 is 5.32 Å². The van der Waals surface area contributed by atoms with Crippen molar-refractivity contribution in [1.82, 2.24) is 5.32 Å². The Labute approximate surface area is 79.0 Å². The van der Waals surface area contributed by atoms with Crippen LogP contribution in [0, 0.1) is 11.8 Å². The number of thioether (sulfide) groups is 1. The summed E-state index contributed by atoms with van der Waals surface area (Å²) in [5.41, 5.74) is 1.26. The molecule has 2 heterocycles. The summed E-state index contributed by atoms with van der Waals surface area (Å²) in [7, 11) is 0. The molecule has 12 heavy (non-hydrogen) atoms. The zero-order valence-corrected chi connectivity index (χ0v) is 8.66. The maximum atomic E-state index is 4.01. The van der Waals surface area contributed by atoms with Gasteiger partial charge in [-0.2, -0.15) is 11.8 Å². The molecule has 3 atom stereocenters. The number of hydrogen-bond acceptors (Lipinski definition) is 2. The Morgan fingerprint density at radius 3 is 3.00 bits per heavy atom. The van der Waals surface area contributed by atoms with E-state index >= 15 is 0 Å². The van der Waals surface area contributed by atoms with E-state index in [1.807, 2.05) is 0 Å². The summed E-state index contributed by atoms with van der Waals surface area (Å²) in [6.45, 7) is 8.65. The van der Waals surface area contributed by atoms with E-state index in [-0.39, 0.29) is 0 Å². The molecule has 0 aliphatic carbocycles.